The second-order valence-corrected chi connectivity index (χ2v) is 5.41. The quantitative estimate of drug-likeness (QED) is 0.807. The van der Waals surface area contributed by atoms with Crippen LogP contribution in [0.4, 0.5) is 10.1 Å². The standard InChI is InChI=1S/C15H19FN2/c1-2-7-18-8-5-15(6-9-18)11-17-14-4-3-12(16)10-13(14)15/h2-4,10,17H,1,5-9,11H2. The molecule has 1 saturated heterocycles. The molecular formula is C15H19FN2. The number of fused-ring (bicyclic) bond motifs is 2. The van der Waals surface area contributed by atoms with E-state index >= 15 is 0 Å². The van der Waals surface area contributed by atoms with Crippen LogP contribution in [0.5, 0.6) is 0 Å². The summed E-state index contributed by atoms with van der Waals surface area (Å²) in [4.78, 5) is 2.41. The van der Waals surface area contributed by atoms with Crippen molar-refractivity contribution in [2.45, 2.75) is 18.3 Å². The van der Waals surface area contributed by atoms with Crippen LogP contribution in [0.1, 0.15) is 18.4 Å². The minimum absolute atomic E-state index is 0.120. The van der Waals surface area contributed by atoms with Gasteiger partial charge in [0.15, 0.2) is 0 Å². The number of piperidine rings is 1. The second-order valence-electron chi connectivity index (χ2n) is 5.41. The van der Waals surface area contributed by atoms with Gasteiger partial charge in [0, 0.05) is 24.2 Å². The maximum Gasteiger partial charge on any atom is 0.123 e. The van der Waals surface area contributed by atoms with E-state index < -0.39 is 0 Å². The van der Waals surface area contributed by atoms with Crippen molar-refractivity contribution < 1.29 is 4.39 Å². The Kier molecular flexibility index (Phi) is 2.86. The summed E-state index contributed by atoms with van der Waals surface area (Å²) in [5.74, 6) is -0.120. The maximum atomic E-state index is 13.4. The van der Waals surface area contributed by atoms with E-state index in [4.69, 9.17) is 0 Å². The fraction of sp³-hybridized carbons (Fsp3) is 0.467. The van der Waals surface area contributed by atoms with Crippen LogP contribution in [0.25, 0.3) is 0 Å². The van der Waals surface area contributed by atoms with Gasteiger partial charge in [-0.3, -0.25) is 4.90 Å². The number of halogens is 1. The normalized spacial score (nSPS) is 21.6. The predicted octanol–water partition coefficient (Wildman–Crippen LogP) is 2.77. The Morgan fingerprint density at radius 1 is 1.39 bits per heavy atom. The molecule has 96 valence electrons. The first-order chi connectivity index (χ1) is 8.73. The van der Waals surface area contributed by atoms with E-state index in [1.165, 1.54) is 11.6 Å². The zero-order valence-electron chi connectivity index (χ0n) is 10.6. The van der Waals surface area contributed by atoms with E-state index in [2.05, 4.69) is 16.8 Å². The molecule has 1 spiro atoms. The molecule has 0 bridgehead atoms. The first-order valence-electron chi connectivity index (χ1n) is 6.61. The molecular weight excluding hydrogens is 227 g/mol. The smallest absolute Gasteiger partial charge is 0.123 e. The van der Waals surface area contributed by atoms with Crippen molar-refractivity contribution in [3.8, 4) is 0 Å². The molecule has 2 aliphatic heterocycles. The zero-order chi connectivity index (χ0) is 12.6. The van der Waals surface area contributed by atoms with E-state index in [-0.39, 0.29) is 11.2 Å². The number of nitrogens with one attached hydrogen (secondary N) is 1. The lowest BCUT2D eigenvalue weighted by Gasteiger charge is -2.39. The number of benzene rings is 1. The molecule has 2 aliphatic rings. The van der Waals surface area contributed by atoms with Gasteiger partial charge in [0.1, 0.15) is 5.82 Å². The van der Waals surface area contributed by atoms with Crippen molar-refractivity contribution in [3.63, 3.8) is 0 Å². The third-order valence-corrected chi connectivity index (χ3v) is 4.37. The summed E-state index contributed by atoms with van der Waals surface area (Å²) < 4.78 is 13.4. The third kappa shape index (κ3) is 1.83. The summed E-state index contributed by atoms with van der Waals surface area (Å²) in [7, 11) is 0. The first kappa shape index (κ1) is 11.7. The highest BCUT2D eigenvalue weighted by Crippen LogP contribution is 2.44. The zero-order valence-corrected chi connectivity index (χ0v) is 10.6. The number of rotatable bonds is 2. The maximum absolute atomic E-state index is 13.4. The van der Waals surface area contributed by atoms with Gasteiger partial charge >= 0.3 is 0 Å². The fourth-order valence-electron chi connectivity index (χ4n) is 3.26. The molecule has 0 radical (unpaired) electrons. The van der Waals surface area contributed by atoms with E-state index in [1.807, 2.05) is 12.1 Å². The molecule has 2 nitrogen and oxygen atoms in total. The lowest BCUT2D eigenvalue weighted by Crippen LogP contribution is -2.43. The van der Waals surface area contributed by atoms with Gasteiger partial charge in [-0.15, -0.1) is 6.58 Å². The SMILES string of the molecule is C=CCN1CCC2(CC1)CNc1ccc(F)cc12. The van der Waals surface area contributed by atoms with Gasteiger partial charge < -0.3 is 5.32 Å². The summed E-state index contributed by atoms with van der Waals surface area (Å²) in [6.07, 6.45) is 4.16. The molecule has 3 heteroatoms. The average molecular weight is 246 g/mol. The minimum Gasteiger partial charge on any atom is -0.384 e. The van der Waals surface area contributed by atoms with Gasteiger partial charge in [-0.1, -0.05) is 6.08 Å². The largest absolute Gasteiger partial charge is 0.384 e. The highest BCUT2D eigenvalue weighted by Gasteiger charge is 2.41. The monoisotopic (exact) mass is 246 g/mol. The van der Waals surface area contributed by atoms with Crippen LogP contribution in [-0.2, 0) is 5.41 Å². The Labute approximate surface area is 107 Å². The summed E-state index contributed by atoms with van der Waals surface area (Å²) in [6.45, 7) is 7.84. The Balaban J connectivity index is 1.83. The molecule has 3 rings (SSSR count). The topological polar surface area (TPSA) is 15.3 Å². The van der Waals surface area contributed by atoms with Gasteiger partial charge in [-0.2, -0.15) is 0 Å². The number of hydrogen-bond donors (Lipinski definition) is 1. The second kappa shape index (κ2) is 4.39. The highest BCUT2D eigenvalue weighted by molar-refractivity contribution is 5.60. The Morgan fingerprint density at radius 3 is 2.89 bits per heavy atom. The third-order valence-electron chi connectivity index (χ3n) is 4.37. The molecule has 1 N–H and O–H groups in total. The van der Waals surface area contributed by atoms with Crippen molar-refractivity contribution in [3.05, 3.63) is 42.2 Å². The summed E-state index contributed by atoms with van der Waals surface area (Å²) >= 11 is 0. The van der Waals surface area contributed by atoms with Crippen molar-refractivity contribution >= 4 is 5.69 Å². The van der Waals surface area contributed by atoms with E-state index in [0.29, 0.717) is 0 Å². The van der Waals surface area contributed by atoms with Crippen LogP contribution in [-0.4, -0.2) is 31.1 Å². The van der Waals surface area contributed by atoms with Crippen molar-refractivity contribution in [1.29, 1.82) is 0 Å². The predicted molar refractivity (Wildman–Crippen MR) is 72.4 cm³/mol. The molecule has 0 aliphatic carbocycles. The molecule has 1 fully saturated rings. The van der Waals surface area contributed by atoms with Gasteiger partial charge in [-0.05, 0) is 49.7 Å². The molecule has 0 aromatic heterocycles. The Morgan fingerprint density at radius 2 is 2.17 bits per heavy atom. The van der Waals surface area contributed by atoms with Gasteiger partial charge in [-0.25, -0.2) is 4.39 Å². The van der Waals surface area contributed by atoms with E-state index in [0.717, 1.165) is 44.7 Å². The highest BCUT2D eigenvalue weighted by atomic mass is 19.1. The van der Waals surface area contributed by atoms with Crippen LogP contribution in [0, 0.1) is 5.82 Å². The molecule has 1 aromatic carbocycles. The van der Waals surface area contributed by atoms with Crippen molar-refractivity contribution in [1.82, 2.24) is 4.90 Å². The van der Waals surface area contributed by atoms with Crippen molar-refractivity contribution in [2.24, 2.45) is 0 Å². The molecule has 2 heterocycles. The van der Waals surface area contributed by atoms with E-state index in [9.17, 15) is 4.39 Å². The van der Waals surface area contributed by atoms with Crippen LogP contribution >= 0.6 is 0 Å². The fourth-order valence-corrected chi connectivity index (χ4v) is 3.26. The molecule has 0 atom stereocenters. The number of anilines is 1. The van der Waals surface area contributed by atoms with E-state index in [1.54, 1.807) is 6.07 Å². The van der Waals surface area contributed by atoms with Crippen LogP contribution in [0.2, 0.25) is 0 Å². The van der Waals surface area contributed by atoms with Crippen LogP contribution < -0.4 is 5.32 Å². The van der Waals surface area contributed by atoms with Gasteiger partial charge in [0.25, 0.3) is 0 Å². The Hall–Kier alpha value is -1.35. The number of likely N-dealkylation sites (tertiary alicyclic amines) is 1. The molecule has 18 heavy (non-hydrogen) atoms. The summed E-state index contributed by atoms with van der Waals surface area (Å²) in [6, 6.07) is 5.13. The molecule has 1 aromatic rings. The van der Waals surface area contributed by atoms with Crippen molar-refractivity contribution in [2.75, 3.05) is 31.5 Å². The minimum atomic E-state index is -0.120. The summed E-state index contributed by atoms with van der Waals surface area (Å²) in [5, 5.41) is 3.43. The Bertz CT molecular complexity index is 462. The first-order valence-corrected chi connectivity index (χ1v) is 6.61. The molecule has 0 amide bonds. The lowest BCUT2D eigenvalue weighted by molar-refractivity contribution is 0.183. The molecule has 0 saturated carbocycles. The van der Waals surface area contributed by atoms with Crippen LogP contribution in [0.15, 0.2) is 30.9 Å². The lowest BCUT2D eigenvalue weighted by atomic mass is 9.74. The van der Waals surface area contributed by atoms with Gasteiger partial charge in [0.2, 0.25) is 0 Å². The number of nitrogens with zero attached hydrogens (tertiary/aromatic N) is 1. The number of hydrogen-bond acceptors (Lipinski definition) is 2. The molecule has 0 unspecified atom stereocenters. The van der Waals surface area contributed by atoms with Crippen LogP contribution in [0.3, 0.4) is 0 Å². The summed E-state index contributed by atoms with van der Waals surface area (Å²) in [5.41, 5.74) is 2.45. The average Bonchev–Trinajstić information content (AvgIpc) is 2.72. The van der Waals surface area contributed by atoms with Gasteiger partial charge in [0.05, 0.1) is 0 Å².